The fourth-order valence-corrected chi connectivity index (χ4v) is 4.97. The minimum Gasteiger partial charge on any atom is -0.394 e. The maximum atomic E-state index is 10.9. The smallest absolute Gasteiger partial charge is 0.0751 e. The molecule has 5 nitrogen and oxygen atoms in total. The van der Waals surface area contributed by atoms with Crippen LogP contribution in [0.1, 0.15) is 34.1 Å². The van der Waals surface area contributed by atoms with Crippen molar-refractivity contribution in [3.63, 3.8) is 0 Å². The number of hydrogen-bond donors (Lipinski definition) is 2. The van der Waals surface area contributed by atoms with E-state index in [9.17, 15) is 5.11 Å². The fourth-order valence-electron chi connectivity index (χ4n) is 2.27. The van der Waals surface area contributed by atoms with Crippen LogP contribution < -0.4 is 0 Å². The molecule has 0 saturated heterocycles. The highest BCUT2D eigenvalue weighted by molar-refractivity contribution is 6.43. The van der Waals surface area contributed by atoms with Crippen molar-refractivity contribution in [2.45, 2.75) is 44.4 Å². The summed E-state index contributed by atoms with van der Waals surface area (Å²) >= 11 is 0. The zero-order valence-corrected chi connectivity index (χ0v) is 16.8. The Labute approximate surface area is 143 Å². The summed E-state index contributed by atoms with van der Waals surface area (Å²) in [7, 11) is -0.780. The summed E-state index contributed by atoms with van der Waals surface area (Å²) in [6.45, 7) is 15.2. The first-order valence-electron chi connectivity index (χ1n) is 8.45. The van der Waals surface area contributed by atoms with E-state index in [1.165, 1.54) is 0 Å². The van der Waals surface area contributed by atoms with Gasteiger partial charge in [0.2, 0.25) is 0 Å². The predicted molar refractivity (Wildman–Crippen MR) is 96.7 cm³/mol. The van der Waals surface area contributed by atoms with Crippen LogP contribution in [0.3, 0.4) is 0 Å². The molecule has 1 unspecified atom stereocenters. The molecule has 0 heterocycles. The van der Waals surface area contributed by atoms with Crippen LogP contribution in [0.4, 0.5) is 0 Å². The summed E-state index contributed by atoms with van der Waals surface area (Å²) in [5, 5.41) is 18.9. The molecule has 0 bridgehead atoms. The molecule has 138 valence electrons. The molecule has 0 fully saturated rings. The highest BCUT2D eigenvalue weighted by atomic mass is 28.2. The second-order valence-corrected chi connectivity index (χ2v) is 10.5. The van der Waals surface area contributed by atoms with Gasteiger partial charge < -0.3 is 24.4 Å². The third-order valence-electron chi connectivity index (χ3n) is 4.22. The van der Waals surface area contributed by atoms with E-state index >= 15 is 0 Å². The van der Waals surface area contributed by atoms with Crippen molar-refractivity contribution in [3.05, 3.63) is 12.7 Å². The molecule has 2 N–H and O–H groups in total. The molecule has 0 aromatic rings. The van der Waals surface area contributed by atoms with Crippen molar-refractivity contribution >= 4 is 9.52 Å². The standard InChI is InChI=1S/C17H36O5Si/c1-6-7-17(19,23-16(4,5)15(2)3)14-22-13-12-21-11-10-20-9-8-18/h6,15,18-19H,1,7-14,23H2,2-5H3. The van der Waals surface area contributed by atoms with Crippen molar-refractivity contribution in [2.75, 3.05) is 46.2 Å². The van der Waals surface area contributed by atoms with Crippen LogP contribution in [0.15, 0.2) is 12.7 Å². The lowest BCUT2D eigenvalue weighted by molar-refractivity contribution is -0.0263. The predicted octanol–water partition coefficient (Wildman–Crippen LogP) is 1.32. The minimum absolute atomic E-state index is 0.0294. The first-order chi connectivity index (χ1) is 10.8. The second kappa shape index (κ2) is 12.2. The monoisotopic (exact) mass is 348 g/mol. The lowest BCUT2D eigenvalue weighted by Gasteiger charge is -2.37. The van der Waals surface area contributed by atoms with Crippen LogP contribution >= 0.6 is 0 Å². The highest BCUT2D eigenvalue weighted by Gasteiger charge is 2.36. The normalized spacial score (nSPS) is 15.4. The van der Waals surface area contributed by atoms with Gasteiger partial charge in [-0.1, -0.05) is 33.8 Å². The largest absolute Gasteiger partial charge is 0.394 e. The topological polar surface area (TPSA) is 68.2 Å². The number of rotatable bonds is 15. The van der Waals surface area contributed by atoms with Gasteiger partial charge in [0.05, 0.1) is 61.0 Å². The summed E-state index contributed by atoms with van der Waals surface area (Å²) in [4.78, 5) is 0. The van der Waals surface area contributed by atoms with Crippen LogP contribution in [0, 0.1) is 5.92 Å². The number of aliphatic hydroxyl groups excluding tert-OH is 1. The van der Waals surface area contributed by atoms with Gasteiger partial charge in [0.25, 0.3) is 0 Å². The molecule has 6 heteroatoms. The zero-order valence-electron chi connectivity index (χ0n) is 15.3. The minimum atomic E-state index is -0.780. The van der Waals surface area contributed by atoms with Crippen molar-refractivity contribution in [2.24, 2.45) is 5.92 Å². The van der Waals surface area contributed by atoms with Crippen LogP contribution in [-0.4, -0.2) is 71.2 Å². The van der Waals surface area contributed by atoms with Crippen LogP contribution in [0.5, 0.6) is 0 Å². The van der Waals surface area contributed by atoms with E-state index in [4.69, 9.17) is 19.3 Å². The zero-order chi connectivity index (χ0) is 17.8. The average molecular weight is 349 g/mol. The van der Waals surface area contributed by atoms with E-state index in [0.29, 0.717) is 52.0 Å². The molecular formula is C17H36O5Si. The van der Waals surface area contributed by atoms with Crippen molar-refractivity contribution < 1.29 is 24.4 Å². The molecule has 1 atom stereocenters. The Morgan fingerprint density at radius 2 is 1.57 bits per heavy atom. The van der Waals surface area contributed by atoms with E-state index in [0.717, 1.165) is 0 Å². The Bertz CT molecular complexity index is 309. The SMILES string of the molecule is C=CCC(O)(COCCOCCOCCO)[SiH2]C(C)(C)C(C)C. The van der Waals surface area contributed by atoms with Crippen molar-refractivity contribution in [3.8, 4) is 0 Å². The summed E-state index contributed by atoms with van der Waals surface area (Å²) in [5.74, 6) is 0.535. The van der Waals surface area contributed by atoms with Gasteiger partial charge in [-0.05, 0) is 17.4 Å². The van der Waals surface area contributed by atoms with Gasteiger partial charge in [-0.2, -0.15) is 0 Å². The van der Waals surface area contributed by atoms with Gasteiger partial charge in [-0.15, -0.1) is 6.58 Å². The summed E-state index contributed by atoms with van der Waals surface area (Å²) < 4.78 is 16.1. The van der Waals surface area contributed by atoms with E-state index in [2.05, 4.69) is 34.3 Å². The third-order valence-corrected chi connectivity index (χ3v) is 7.10. The number of aliphatic hydroxyl groups is 2. The van der Waals surface area contributed by atoms with E-state index in [-0.39, 0.29) is 11.6 Å². The van der Waals surface area contributed by atoms with E-state index in [1.54, 1.807) is 6.08 Å². The number of ether oxygens (including phenoxy) is 3. The van der Waals surface area contributed by atoms with Crippen molar-refractivity contribution in [1.82, 2.24) is 0 Å². The van der Waals surface area contributed by atoms with Crippen LogP contribution in [-0.2, 0) is 14.2 Å². The maximum absolute atomic E-state index is 10.9. The van der Waals surface area contributed by atoms with Gasteiger partial charge >= 0.3 is 0 Å². The molecule has 23 heavy (non-hydrogen) atoms. The molecule has 0 spiro atoms. The highest BCUT2D eigenvalue weighted by Crippen LogP contribution is 2.36. The first kappa shape index (κ1) is 22.8. The van der Waals surface area contributed by atoms with Crippen molar-refractivity contribution in [1.29, 1.82) is 0 Å². The Kier molecular flexibility index (Phi) is 12.0. The third kappa shape index (κ3) is 11.0. The Morgan fingerprint density at radius 3 is 2.04 bits per heavy atom. The molecule has 0 rings (SSSR count). The summed E-state index contributed by atoms with van der Waals surface area (Å²) in [5.41, 5.74) is 0. The molecule has 0 saturated carbocycles. The molecule has 0 aromatic heterocycles. The summed E-state index contributed by atoms with van der Waals surface area (Å²) in [6.07, 6.45) is 2.35. The molecule has 0 aromatic carbocycles. The molecule has 0 radical (unpaired) electrons. The Balaban J connectivity index is 4.02. The van der Waals surface area contributed by atoms with E-state index < -0.39 is 14.7 Å². The quantitative estimate of drug-likeness (QED) is 0.265. The lowest BCUT2D eigenvalue weighted by Crippen LogP contribution is -2.46. The molecule has 0 amide bonds. The lowest BCUT2D eigenvalue weighted by atomic mass is 9.99. The first-order valence-corrected chi connectivity index (χ1v) is 9.86. The Morgan fingerprint density at radius 1 is 1.04 bits per heavy atom. The Hall–Kier alpha value is -0.243. The molecule has 0 aliphatic heterocycles. The van der Waals surface area contributed by atoms with Gasteiger partial charge in [0.1, 0.15) is 0 Å². The fraction of sp³-hybridized carbons (Fsp3) is 0.882. The van der Waals surface area contributed by atoms with Gasteiger partial charge in [0.15, 0.2) is 0 Å². The van der Waals surface area contributed by atoms with Gasteiger partial charge in [0, 0.05) is 0 Å². The summed E-state index contributed by atoms with van der Waals surface area (Å²) in [6, 6.07) is 0. The van der Waals surface area contributed by atoms with Gasteiger partial charge in [-0.3, -0.25) is 0 Å². The van der Waals surface area contributed by atoms with E-state index in [1.807, 2.05) is 0 Å². The van der Waals surface area contributed by atoms with Crippen LogP contribution in [0.2, 0.25) is 5.04 Å². The van der Waals surface area contributed by atoms with Crippen LogP contribution in [0.25, 0.3) is 0 Å². The number of hydrogen-bond acceptors (Lipinski definition) is 5. The molecular weight excluding hydrogens is 312 g/mol. The second-order valence-electron chi connectivity index (χ2n) is 7.04. The molecule has 0 aliphatic rings. The maximum Gasteiger partial charge on any atom is 0.0751 e. The average Bonchev–Trinajstić information content (AvgIpc) is 2.45. The van der Waals surface area contributed by atoms with Gasteiger partial charge in [-0.25, -0.2) is 0 Å². The molecule has 0 aliphatic carbocycles.